The number of amides is 1. The molecule has 0 aliphatic carbocycles. The third-order valence-corrected chi connectivity index (χ3v) is 4.98. The first-order valence-electron chi connectivity index (χ1n) is 6.63. The molecule has 0 bridgehead atoms. The van der Waals surface area contributed by atoms with Gasteiger partial charge in [-0.3, -0.25) is 9.78 Å². The fraction of sp³-hybridized carbons (Fsp3) is 0.429. The first-order chi connectivity index (χ1) is 9.20. The third-order valence-electron chi connectivity index (χ3n) is 3.83. The normalized spacial score (nSPS) is 19.2. The fourth-order valence-corrected chi connectivity index (χ4v) is 3.65. The Bertz CT molecular complexity index is 622. The molecule has 1 saturated heterocycles. The highest BCUT2D eigenvalue weighted by Crippen LogP contribution is 2.34. The summed E-state index contributed by atoms with van der Waals surface area (Å²) in [5.41, 5.74) is 7.36. The Balaban J connectivity index is 1.92. The number of rotatable bonds is 2. The van der Waals surface area contributed by atoms with Crippen molar-refractivity contribution in [1.82, 2.24) is 9.88 Å². The van der Waals surface area contributed by atoms with Gasteiger partial charge in [0.15, 0.2) is 0 Å². The van der Waals surface area contributed by atoms with Crippen LogP contribution in [0.25, 0.3) is 10.2 Å². The molecular weight excluding hydrogens is 258 g/mol. The number of nitrogen functional groups attached to an aromatic ring is 1. The zero-order valence-corrected chi connectivity index (χ0v) is 11.7. The standard InChI is InChI=1S/C14H17N3OS/c1-2-9-5-7-17(8-9)14(18)13-11(15)12-10(19-13)4-3-6-16-12/h3-4,6,9H,2,5,7-8,15H2,1H3. The Morgan fingerprint density at radius 3 is 3.16 bits per heavy atom. The van der Waals surface area contributed by atoms with Gasteiger partial charge in [-0.2, -0.15) is 0 Å². The summed E-state index contributed by atoms with van der Waals surface area (Å²) in [7, 11) is 0. The highest BCUT2D eigenvalue weighted by Gasteiger charge is 2.28. The molecule has 0 spiro atoms. The average Bonchev–Trinajstić information content (AvgIpc) is 3.04. The predicted octanol–water partition coefficient (Wildman–Crippen LogP) is 2.75. The van der Waals surface area contributed by atoms with Gasteiger partial charge in [0.2, 0.25) is 0 Å². The summed E-state index contributed by atoms with van der Waals surface area (Å²) in [6.07, 6.45) is 3.95. The van der Waals surface area contributed by atoms with E-state index in [1.165, 1.54) is 11.3 Å². The third kappa shape index (κ3) is 2.08. The summed E-state index contributed by atoms with van der Waals surface area (Å²) >= 11 is 1.45. The number of likely N-dealkylation sites (tertiary alicyclic amines) is 1. The maximum atomic E-state index is 12.5. The summed E-state index contributed by atoms with van der Waals surface area (Å²) in [5, 5.41) is 0. The Morgan fingerprint density at radius 2 is 2.47 bits per heavy atom. The second-order valence-electron chi connectivity index (χ2n) is 5.01. The molecule has 1 amide bonds. The van der Waals surface area contributed by atoms with Gasteiger partial charge in [-0.05, 0) is 24.5 Å². The number of fused-ring (bicyclic) bond motifs is 1. The molecular formula is C14H17N3OS. The van der Waals surface area contributed by atoms with Crippen molar-refractivity contribution >= 4 is 33.1 Å². The van der Waals surface area contributed by atoms with Gasteiger partial charge in [0.25, 0.3) is 5.91 Å². The lowest BCUT2D eigenvalue weighted by Gasteiger charge is -2.15. The number of hydrogen-bond donors (Lipinski definition) is 1. The Morgan fingerprint density at radius 1 is 1.63 bits per heavy atom. The first kappa shape index (κ1) is 12.4. The van der Waals surface area contributed by atoms with Gasteiger partial charge in [0.1, 0.15) is 10.4 Å². The lowest BCUT2D eigenvalue weighted by Crippen LogP contribution is -2.28. The molecule has 1 aliphatic rings. The second kappa shape index (κ2) is 4.81. The zero-order chi connectivity index (χ0) is 13.4. The van der Waals surface area contributed by atoms with E-state index in [9.17, 15) is 4.79 Å². The molecule has 5 heteroatoms. The number of aromatic nitrogens is 1. The molecule has 4 nitrogen and oxygen atoms in total. The van der Waals surface area contributed by atoms with E-state index in [1.807, 2.05) is 17.0 Å². The summed E-state index contributed by atoms with van der Waals surface area (Å²) in [6, 6.07) is 3.83. The van der Waals surface area contributed by atoms with Crippen LogP contribution in [0.1, 0.15) is 29.4 Å². The van der Waals surface area contributed by atoms with Crippen molar-refractivity contribution in [2.45, 2.75) is 19.8 Å². The van der Waals surface area contributed by atoms with Crippen molar-refractivity contribution in [2.24, 2.45) is 5.92 Å². The van der Waals surface area contributed by atoms with Crippen LogP contribution >= 0.6 is 11.3 Å². The lowest BCUT2D eigenvalue weighted by atomic mass is 10.1. The monoisotopic (exact) mass is 275 g/mol. The molecule has 2 aromatic rings. The van der Waals surface area contributed by atoms with Crippen molar-refractivity contribution in [3.05, 3.63) is 23.2 Å². The Hall–Kier alpha value is -1.62. The topological polar surface area (TPSA) is 59.2 Å². The minimum atomic E-state index is 0.0662. The Labute approximate surface area is 116 Å². The molecule has 1 aliphatic heterocycles. The molecule has 0 aromatic carbocycles. The first-order valence-corrected chi connectivity index (χ1v) is 7.44. The van der Waals surface area contributed by atoms with Crippen molar-refractivity contribution in [1.29, 1.82) is 0 Å². The van der Waals surface area contributed by atoms with Gasteiger partial charge in [-0.25, -0.2) is 0 Å². The van der Waals surface area contributed by atoms with Crippen LogP contribution in [-0.2, 0) is 0 Å². The molecule has 1 unspecified atom stereocenters. The second-order valence-corrected chi connectivity index (χ2v) is 6.06. The zero-order valence-electron chi connectivity index (χ0n) is 10.9. The Kier molecular flexibility index (Phi) is 3.14. The van der Waals surface area contributed by atoms with Crippen LogP contribution in [-0.4, -0.2) is 28.9 Å². The average molecular weight is 275 g/mol. The van der Waals surface area contributed by atoms with Gasteiger partial charge in [0, 0.05) is 19.3 Å². The van der Waals surface area contributed by atoms with E-state index < -0.39 is 0 Å². The van der Waals surface area contributed by atoms with Gasteiger partial charge >= 0.3 is 0 Å². The van der Waals surface area contributed by atoms with E-state index in [4.69, 9.17) is 5.73 Å². The van der Waals surface area contributed by atoms with Crippen LogP contribution in [0.4, 0.5) is 5.69 Å². The summed E-state index contributed by atoms with van der Waals surface area (Å²) in [4.78, 5) is 19.4. The number of anilines is 1. The van der Waals surface area contributed by atoms with Gasteiger partial charge in [-0.15, -0.1) is 11.3 Å². The minimum Gasteiger partial charge on any atom is -0.396 e. The number of nitrogens with zero attached hydrogens (tertiary/aromatic N) is 2. The molecule has 3 heterocycles. The van der Waals surface area contributed by atoms with E-state index in [0.717, 1.165) is 36.1 Å². The predicted molar refractivity (Wildman–Crippen MR) is 78.3 cm³/mol. The highest BCUT2D eigenvalue weighted by molar-refractivity contribution is 7.21. The molecule has 100 valence electrons. The van der Waals surface area contributed by atoms with E-state index >= 15 is 0 Å². The SMILES string of the molecule is CCC1CCN(C(=O)c2sc3cccnc3c2N)C1. The number of hydrogen-bond acceptors (Lipinski definition) is 4. The molecule has 1 fully saturated rings. The number of thiophene rings is 1. The minimum absolute atomic E-state index is 0.0662. The molecule has 2 N–H and O–H groups in total. The molecule has 0 radical (unpaired) electrons. The van der Waals surface area contributed by atoms with E-state index in [1.54, 1.807) is 6.20 Å². The van der Waals surface area contributed by atoms with Crippen LogP contribution in [0.5, 0.6) is 0 Å². The van der Waals surface area contributed by atoms with Gasteiger partial charge in [0.05, 0.1) is 10.4 Å². The van der Waals surface area contributed by atoms with Crippen LogP contribution < -0.4 is 5.73 Å². The smallest absolute Gasteiger partial charge is 0.266 e. The summed E-state index contributed by atoms with van der Waals surface area (Å²) in [6.45, 7) is 3.88. The number of carbonyl (C=O) groups is 1. The van der Waals surface area contributed by atoms with Crippen molar-refractivity contribution in [3.8, 4) is 0 Å². The largest absolute Gasteiger partial charge is 0.396 e. The van der Waals surface area contributed by atoms with E-state index in [0.29, 0.717) is 16.5 Å². The van der Waals surface area contributed by atoms with Gasteiger partial charge in [-0.1, -0.05) is 13.3 Å². The van der Waals surface area contributed by atoms with Crippen LogP contribution in [0.3, 0.4) is 0 Å². The number of pyridine rings is 1. The van der Waals surface area contributed by atoms with E-state index in [-0.39, 0.29) is 5.91 Å². The van der Waals surface area contributed by atoms with Crippen molar-refractivity contribution in [3.63, 3.8) is 0 Å². The lowest BCUT2D eigenvalue weighted by molar-refractivity contribution is 0.0792. The quantitative estimate of drug-likeness (QED) is 0.916. The molecule has 3 rings (SSSR count). The summed E-state index contributed by atoms with van der Waals surface area (Å²) < 4.78 is 0.981. The maximum Gasteiger partial charge on any atom is 0.266 e. The van der Waals surface area contributed by atoms with Crippen LogP contribution in [0, 0.1) is 5.92 Å². The summed E-state index contributed by atoms with van der Waals surface area (Å²) in [5.74, 6) is 0.703. The number of nitrogens with two attached hydrogens (primary N) is 1. The van der Waals surface area contributed by atoms with E-state index in [2.05, 4.69) is 11.9 Å². The molecule has 2 aromatic heterocycles. The molecule has 19 heavy (non-hydrogen) atoms. The van der Waals surface area contributed by atoms with Crippen molar-refractivity contribution < 1.29 is 4.79 Å². The fourth-order valence-electron chi connectivity index (χ4n) is 2.60. The molecule has 0 saturated carbocycles. The van der Waals surface area contributed by atoms with Crippen LogP contribution in [0.15, 0.2) is 18.3 Å². The highest BCUT2D eigenvalue weighted by atomic mass is 32.1. The van der Waals surface area contributed by atoms with Crippen molar-refractivity contribution in [2.75, 3.05) is 18.8 Å². The van der Waals surface area contributed by atoms with Crippen LogP contribution in [0.2, 0.25) is 0 Å². The van der Waals surface area contributed by atoms with Gasteiger partial charge < -0.3 is 10.6 Å². The molecule has 1 atom stereocenters. The maximum absolute atomic E-state index is 12.5. The number of carbonyl (C=O) groups excluding carboxylic acids is 1.